The zero-order valence-electron chi connectivity index (χ0n) is 26.0. The van der Waals surface area contributed by atoms with E-state index in [9.17, 15) is 29.7 Å². The Labute approximate surface area is 261 Å². The quantitative estimate of drug-likeness (QED) is 0.0844. The molecule has 0 spiro atoms. The zero-order chi connectivity index (χ0) is 32.1. The van der Waals surface area contributed by atoms with Crippen LogP contribution in [0.2, 0.25) is 0 Å². The van der Waals surface area contributed by atoms with Crippen LogP contribution in [0.25, 0.3) is 0 Å². The molecule has 0 radical (unpaired) electrons. The van der Waals surface area contributed by atoms with E-state index >= 15 is 0 Å². The van der Waals surface area contributed by atoms with Gasteiger partial charge in [0.05, 0.1) is 24.0 Å². The third-order valence-corrected chi connectivity index (χ3v) is 11.1. The largest absolute Gasteiger partial charge is 0.481 e. The average molecular weight is 622 g/mol. The number of aliphatic hydroxyl groups excluding tert-OH is 1. The number of allylic oxidation sites excluding steroid dienone is 1. The van der Waals surface area contributed by atoms with E-state index < -0.39 is 11.9 Å². The predicted molar refractivity (Wildman–Crippen MR) is 170 cm³/mol. The first-order valence-electron chi connectivity index (χ1n) is 15.1. The lowest BCUT2D eigenvalue weighted by atomic mass is 9.87. The number of carbonyl (C=O) groups excluding carboxylic acids is 1. The molecule has 3 atom stereocenters. The number of hydrogen-bond acceptors (Lipinski definition) is 4. The fraction of sp³-hybridized carbons (Fsp3) is 0.485. The second kappa shape index (κ2) is 11.9. The standard InChI is InChI=1S/C33H40N4O6S/c1-7-20-16(3)25(36-31(20)42)13-24-17(4)21(9-11-29(38)39)26(34-24)14-27-22(10-12-30(40)41)18(5)28(35-27)15-33-23(8-2)19(6)32(43)37(33)44-33/h8,19,23,34-35H,2,7,9-15H2,1,3-6H3,(H2,38,39,40,41)/p+1/t19-,23-,33-,37?/m1/s1. The molecule has 44 heavy (non-hydrogen) atoms. The highest BCUT2D eigenvalue weighted by molar-refractivity contribution is 8.00. The number of carboxylic acids is 2. The minimum Gasteiger partial charge on any atom is -0.481 e. The molecule has 0 aliphatic carbocycles. The number of carbonyl (C=O) groups is 3. The summed E-state index contributed by atoms with van der Waals surface area (Å²) in [6.07, 6.45) is 4.69. The smallest absolute Gasteiger partial charge is 0.352 e. The summed E-state index contributed by atoms with van der Waals surface area (Å²) in [6.45, 7) is 13.9. The number of carboxylic acid groups (broad SMARTS) is 2. The van der Waals surface area contributed by atoms with Crippen LogP contribution < -0.4 is 0 Å². The van der Waals surface area contributed by atoms with Crippen LogP contribution in [0.3, 0.4) is 0 Å². The summed E-state index contributed by atoms with van der Waals surface area (Å²) in [7, 11) is 0. The molecule has 10 nitrogen and oxygen atoms in total. The van der Waals surface area contributed by atoms with Gasteiger partial charge in [-0.1, -0.05) is 13.0 Å². The molecule has 5 heterocycles. The molecule has 234 valence electrons. The molecule has 2 aromatic heterocycles. The highest BCUT2D eigenvalue weighted by Gasteiger charge is 2.77. The van der Waals surface area contributed by atoms with Crippen LogP contribution in [-0.2, 0) is 46.5 Å². The molecule has 3 aliphatic rings. The van der Waals surface area contributed by atoms with Crippen molar-refractivity contribution in [2.45, 2.75) is 90.9 Å². The lowest BCUT2D eigenvalue weighted by molar-refractivity contribution is -0.333. The normalized spacial score (nSPS) is 22.6. The minimum atomic E-state index is -0.885. The third-order valence-electron chi connectivity index (χ3n) is 9.67. The van der Waals surface area contributed by atoms with E-state index in [-0.39, 0.29) is 35.5 Å². The van der Waals surface area contributed by atoms with Crippen molar-refractivity contribution in [1.82, 2.24) is 9.97 Å². The van der Waals surface area contributed by atoms with Gasteiger partial charge in [-0.05, 0) is 74.8 Å². The number of aliphatic hydroxyl groups is 1. The van der Waals surface area contributed by atoms with E-state index in [2.05, 4.69) is 21.5 Å². The van der Waals surface area contributed by atoms with Crippen LogP contribution in [-0.4, -0.2) is 63.6 Å². The van der Waals surface area contributed by atoms with Gasteiger partial charge in [0.15, 0.2) is 0 Å². The third kappa shape index (κ3) is 5.46. The van der Waals surface area contributed by atoms with Gasteiger partial charge in [-0.25, -0.2) is 4.99 Å². The van der Waals surface area contributed by atoms with Crippen LogP contribution in [0.4, 0.5) is 0 Å². The Morgan fingerprint density at radius 3 is 2.09 bits per heavy atom. The highest BCUT2D eigenvalue weighted by atomic mass is 32.2. The van der Waals surface area contributed by atoms with E-state index in [4.69, 9.17) is 0 Å². The predicted octanol–water partition coefficient (Wildman–Crippen LogP) is 5.16. The minimum absolute atomic E-state index is 0.0157. The second-order valence-electron chi connectivity index (χ2n) is 12.1. The van der Waals surface area contributed by atoms with Crippen LogP contribution in [0.5, 0.6) is 0 Å². The molecule has 5 N–H and O–H groups in total. The van der Waals surface area contributed by atoms with E-state index in [1.165, 1.54) is 0 Å². The number of amides is 1. The maximum atomic E-state index is 12.4. The van der Waals surface area contributed by atoms with Crippen molar-refractivity contribution in [3.05, 3.63) is 68.8 Å². The van der Waals surface area contributed by atoms with Crippen LogP contribution in [0.1, 0.15) is 85.1 Å². The number of nitrogens with zero attached hydrogens (tertiary/aromatic N) is 2. The second-order valence-corrected chi connectivity index (χ2v) is 13.4. The van der Waals surface area contributed by atoms with Crippen LogP contribution in [0.15, 0.2) is 28.8 Å². The number of fused-ring (bicyclic) bond motifs is 1. The van der Waals surface area contributed by atoms with E-state index in [0.717, 1.165) is 61.9 Å². The summed E-state index contributed by atoms with van der Waals surface area (Å²) in [4.78, 5) is 46.7. The van der Waals surface area contributed by atoms with Crippen molar-refractivity contribution in [3.63, 3.8) is 0 Å². The maximum Gasteiger partial charge on any atom is 0.352 e. The Morgan fingerprint density at radius 1 is 1.00 bits per heavy atom. The van der Waals surface area contributed by atoms with E-state index in [1.807, 2.05) is 44.7 Å². The van der Waals surface area contributed by atoms with Crippen molar-refractivity contribution in [2.75, 3.05) is 0 Å². The summed E-state index contributed by atoms with van der Waals surface area (Å²) in [5.74, 6) is -1.56. The Balaban J connectivity index is 1.51. The Kier molecular flexibility index (Phi) is 8.54. The lowest BCUT2D eigenvalue weighted by Gasteiger charge is -2.12. The SMILES string of the molecule is C=C[C@@H]1[C@@H](C)C(O)=[N+]2S[C@]12Cc1[nH]c(Cc2[nH]c(CC3=NC(=O)C(CC)=C3C)c(C)c2CCC(=O)O)c(CCC(=O)O)c1C. The molecule has 5 rings (SSSR count). The molecule has 2 aromatic rings. The first-order chi connectivity index (χ1) is 20.8. The Hall–Kier alpha value is -3.86. The summed E-state index contributed by atoms with van der Waals surface area (Å²) in [5.41, 5.74) is 9.81. The van der Waals surface area contributed by atoms with Crippen molar-refractivity contribution in [3.8, 4) is 0 Å². The molecule has 0 unspecified atom stereocenters. The number of aromatic amines is 2. The molecule has 0 saturated carbocycles. The maximum absolute atomic E-state index is 12.4. The van der Waals surface area contributed by atoms with Gasteiger partial charge in [-0.3, -0.25) is 14.4 Å². The topological polar surface area (TPSA) is 159 Å². The number of hydrogen-bond donors (Lipinski definition) is 5. The van der Waals surface area contributed by atoms with Gasteiger partial charge in [0.1, 0.15) is 0 Å². The van der Waals surface area contributed by atoms with Gasteiger partial charge < -0.3 is 25.3 Å². The number of aliphatic carboxylic acids is 2. The number of rotatable bonds is 14. The first-order valence-corrected chi connectivity index (χ1v) is 15.9. The van der Waals surface area contributed by atoms with Crippen molar-refractivity contribution >= 4 is 41.4 Å². The first kappa shape index (κ1) is 31.6. The number of aromatic nitrogens is 2. The summed E-state index contributed by atoms with van der Waals surface area (Å²) in [5, 5.41) is 29.7. The van der Waals surface area contributed by atoms with Gasteiger partial charge in [0.25, 0.3) is 10.8 Å². The molecule has 0 bridgehead atoms. The molecular weight excluding hydrogens is 580 g/mol. The Morgan fingerprint density at radius 2 is 1.57 bits per heavy atom. The molecule has 1 fully saturated rings. The average Bonchev–Trinajstić information content (AvgIpc) is 3.27. The zero-order valence-corrected chi connectivity index (χ0v) is 26.8. The summed E-state index contributed by atoms with van der Waals surface area (Å²) in [6, 6.07) is 0. The van der Waals surface area contributed by atoms with Gasteiger partial charge in [-0.15, -0.1) is 10.6 Å². The molecule has 0 aromatic carbocycles. The number of aliphatic imine (C=N–C) groups is 1. The van der Waals surface area contributed by atoms with E-state index in [1.54, 1.807) is 11.9 Å². The number of nitrogens with one attached hydrogen (secondary N) is 2. The molecule has 3 aliphatic heterocycles. The lowest BCUT2D eigenvalue weighted by Crippen LogP contribution is -2.27. The molecule has 1 saturated heterocycles. The number of H-pyrrole nitrogens is 2. The van der Waals surface area contributed by atoms with Crippen molar-refractivity contribution < 1.29 is 33.7 Å². The van der Waals surface area contributed by atoms with Crippen LogP contribution in [0, 0.1) is 25.7 Å². The fourth-order valence-electron chi connectivity index (χ4n) is 7.03. The van der Waals surface area contributed by atoms with Gasteiger partial charge in [-0.2, -0.15) is 0 Å². The summed E-state index contributed by atoms with van der Waals surface area (Å²) >= 11 is 1.61. The summed E-state index contributed by atoms with van der Waals surface area (Å²) < 4.78 is 1.96. The van der Waals surface area contributed by atoms with Crippen LogP contribution >= 0.6 is 11.9 Å². The van der Waals surface area contributed by atoms with Gasteiger partial charge in [0, 0.05) is 54.0 Å². The van der Waals surface area contributed by atoms with E-state index in [0.29, 0.717) is 44.4 Å². The molecule has 1 amide bonds. The fourth-order valence-corrected chi connectivity index (χ4v) is 8.48. The Bertz CT molecular complexity index is 1670. The molecule has 11 heteroatoms. The monoisotopic (exact) mass is 621 g/mol. The van der Waals surface area contributed by atoms with Gasteiger partial charge >= 0.3 is 17.8 Å². The highest BCUT2D eigenvalue weighted by Crippen LogP contribution is 2.61. The van der Waals surface area contributed by atoms with Crippen molar-refractivity contribution in [2.24, 2.45) is 16.8 Å². The van der Waals surface area contributed by atoms with Gasteiger partial charge in [0.2, 0.25) is 11.9 Å². The van der Waals surface area contributed by atoms with Crippen molar-refractivity contribution in [1.29, 1.82) is 0 Å². The molecular formula is C33H41N4O6S+.